The number of carbonyl (C=O) groups excluding carboxylic acids is 2. The number of nitrogen functional groups attached to an aromatic ring is 1. The fraction of sp³-hybridized carbons (Fsp3) is 0.448. The van der Waals surface area contributed by atoms with Gasteiger partial charge in [-0.25, -0.2) is 9.67 Å². The van der Waals surface area contributed by atoms with Gasteiger partial charge in [0.05, 0.1) is 35.3 Å². The fourth-order valence-electron chi connectivity index (χ4n) is 6.50. The van der Waals surface area contributed by atoms with Crippen LogP contribution in [0.2, 0.25) is 0 Å². The first-order chi connectivity index (χ1) is 20.0. The average molecular weight is 585 g/mol. The summed E-state index contributed by atoms with van der Waals surface area (Å²) in [6, 6.07) is 7.96. The highest BCUT2D eigenvalue weighted by molar-refractivity contribution is 6.08. The number of nitrogens with zero attached hydrogens (tertiary/aromatic N) is 3. The highest BCUT2D eigenvalue weighted by atomic mass is 19.4. The van der Waals surface area contributed by atoms with Crippen molar-refractivity contribution in [1.29, 1.82) is 0 Å². The molecule has 0 saturated heterocycles. The van der Waals surface area contributed by atoms with Gasteiger partial charge in [-0.1, -0.05) is 18.9 Å². The van der Waals surface area contributed by atoms with E-state index in [9.17, 15) is 27.9 Å². The smallest absolute Gasteiger partial charge is 0.422 e. The van der Waals surface area contributed by atoms with Crippen LogP contribution in [-0.2, 0) is 18.4 Å². The van der Waals surface area contributed by atoms with Crippen LogP contribution in [0.3, 0.4) is 0 Å². The summed E-state index contributed by atoms with van der Waals surface area (Å²) in [5.74, 6) is -0.578. The lowest BCUT2D eigenvalue weighted by molar-refractivity contribution is -0.153. The molecule has 0 bridgehead atoms. The van der Waals surface area contributed by atoms with E-state index in [2.05, 4.69) is 15.6 Å². The van der Waals surface area contributed by atoms with Crippen molar-refractivity contribution in [2.24, 2.45) is 5.41 Å². The molecule has 6 rings (SSSR count). The number of aromatic nitrogens is 3. The van der Waals surface area contributed by atoms with E-state index in [4.69, 9.17) is 15.6 Å². The van der Waals surface area contributed by atoms with E-state index < -0.39 is 35.6 Å². The highest BCUT2D eigenvalue weighted by Gasteiger charge is 2.47. The Morgan fingerprint density at radius 3 is 2.67 bits per heavy atom. The monoisotopic (exact) mass is 584 g/mol. The molecular weight excluding hydrogens is 553 g/mol. The minimum atomic E-state index is -4.45. The Balaban J connectivity index is 1.34. The van der Waals surface area contributed by atoms with Gasteiger partial charge in [-0.2, -0.15) is 18.3 Å². The molecule has 1 atom stereocenters. The minimum absolute atomic E-state index is 0.0369. The Morgan fingerprint density at radius 2 is 1.98 bits per heavy atom. The lowest BCUT2D eigenvalue weighted by atomic mass is 9.82. The number of amides is 2. The van der Waals surface area contributed by atoms with Crippen LogP contribution in [-0.4, -0.2) is 57.6 Å². The second-order valence-electron chi connectivity index (χ2n) is 11.5. The summed E-state index contributed by atoms with van der Waals surface area (Å²) in [5, 5.41) is 20.7. The fourth-order valence-corrected chi connectivity index (χ4v) is 6.50. The largest absolute Gasteiger partial charge is 0.484 e. The zero-order valence-electron chi connectivity index (χ0n) is 22.8. The summed E-state index contributed by atoms with van der Waals surface area (Å²) < 4.78 is 44.2. The molecule has 10 nitrogen and oxygen atoms in total. The van der Waals surface area contributed by atoms with E-state index in [1.54, 1.807) is 24.3 Å². The van der Waals surface area contributed by atoms with Crippen molar-refractivity contribution in [2.75, 3.05) is 25.5 Å². The molecule has 3 aliphatic rings. The lowest BCUT2D eigenvalue weighted by Gasteiger charge is -2.35. The first-order valence-corrected chi connectivity index (χ1v) is 13.9. The molecular formula is C29H31F3N6O4. The summed E-state index contributed by atoms with van der Waals surface area (Å²) in [7, 11) is 0. The molecule has 1 fully saturated rings. The summed E-state index contributed by atoms with van der Waals surface area (Å²) >= 11 is 0. The van der Waals surface area contributed by atoms with E-state index >= 15 is 0 Å². The molecule has 2 amide bonds. The number of hydrogen-bond acceptors (Lipinski definition) is 7. The number of benzene rings is 1. The maximum absolute atomic E-state index is 13.8. The molecule has 0 unspecified atom stereocenters. The van der Waals surface area contributed by atoms with Gasteiger partial charge in [0, 0.05) is 18.4 Å². The second-order valence-corrected chi connectivity index (χ2v) is 11.5. The minimum Gasteiger partial charge on any atom is -0.484 e. The highest BCUT2D eigenvalue weighted by Crippen LogP contribution is 2.44. The molecule has 1 aromatic carbocycles. The number of nitrogens with two attached hydrogens (primary N) is 1. The molecule has 2 aromatic heterocycles. The van der Waals surface area contributed by atoms with Crippen LogP contribution >= 0.6 is 0 Å². The number of hydrogen-bond donors (Lipinski definition) is 4. The molecule has 1 saturated carbocycles. The number of aryl methyl sites for hydroxylation is 1. The van der Waals surface area contributed by atoms with Gasteiger partial charge in [0.25, 0.3) is 11.8 Å². The molecule has 3 aromatic rings. The number of aliphatic hydroxyl groups excluding tert-OH is 1. The molecule has 42 heavy (non-hydrogen) atoms. The van der Waals surface area contributed by atoms with Gasteiger partial charge in [-0.05, 0) is 61.1 Å². The van der Waals surface area contributed by atoms with Crippen LogP contribution in [0.4, 0.5) is 18.9 Å². The Morgan fingerprint density at radius 1 is 1.19 bits per heavy atom. The van der Waals surface area contributed by atoms with Crippen LogP contribution in [0.5, 0.6) is 5.75 Å². The zero-order chi connectivity index (χ0) is 29.7. The van der Waals surface area contributed by atoms with E-state index in [1.165, 1.54) is 16.9 Å². The van der Waals surface area contributed by atoms with Crippen LogP contribution < -0.4 is 21.1 Å². The van der Waals surface area contributed by atoms with Gasteiger partial charge in [0.1, 0.15) is 11.4 Å². The van der Waals surface area contributed by atoms with E-state index in [-0.39, 0.29) is 36.6 Å². The van der Waals surface area contributed by atoms with Gasteiger partial charge < -0.3 is 26.2 Å². The summed E-state index contributed by atoms with van der Waals surface area (Å²) in [6.45, 7) is -1.18. The Labute approximate surface area is 239 Å². The van der Waals surface area contributed by atoms with Crippen molar-refractivity contribution in [3.05, 3.63) is 64.6 Å². The number of alkyl halides is 3. The van der Waals surface area contributed by atoms with Crippen molar-refractivity contribution in [3.63, 3.8) is 0 Å². The first kappa shape index (κ1) is 28.0. The van der Waals surface area contributed by atoms with Crippen molar-refractivity contribution in [2.45, 2.75) is 56.7 Å². The van der Waals surface area contributed by atoms with Crippen molar-refractivity contribution in [3.8, 4) is 11.6 Å². The zero-order valence-corrected chi connectivity index (χ0v) is 22.8. The molecule has 1 aliphatic heterocycles. The molecule has 1 spiro atoms. The summed E-state index contributed by atoms with van der Waals surface area (Å²) in [5.41, 5.74) is 7.14. The molecule has 0 radical (unpaired) electrons. The van der Waals surface area contributed by atoms with Crippen LogP contribution in [0, 0.1) is 5.41 Å². The van der Waals surface area contributed by atoms with E-state index in [0.29, 0.717) is 30.0 Å². The van der Waals surface area contributed by atoms with Crippen molar-refractivity contribution >= 4 is 17.5 Å². The lowest BCUT2D eigenvalue weighted by Crippen LogP contribution is -2.50. The molecule has 2 aliphatic carbocycles. The Bertz CT molecular complexity index is 1530. The number of ether oxygens (including phenoxy) is 1. The third-order valence-corrected chi connectivity index (χ3v) is 8.65. The maximum Gasteiger partial charge on any atom is 0.422 e. The number of carbonyl (C=O) groups is 2. The normalized spacial score (nSPS) is 20.7. The molecule has 222 valence electrons. The van der Waals surface area contributed by atoms with Crippen molar-refractivity contribution in [1.82, 2.24) is 25.4 Å². The van der Waals surface area contributed by atoms with Gasteiger partial charge in [0.15, 0.2) is 12.4 Å². The third kappa shape index (κ3) is 5.06. The van der Waals surface area contributed by atoms with E-state index in [0.717, 1.165) is 36.8 Å². The van der Waals surface area contributed by atoms with Crippen LogP contribution in [0.25, 0.3) is 5.82 Å². The van der Waals surface area contributed by atoms with Crippen LogP contribution in [0.15, 0.2) is 36.5 Å². The Kier molecular flexibility index (Phi) is 6.87. The number of pyridine rings is 1. The van der Waals surface area contributed by atoms with Gasteiger partial charge in [-0.15, -0.1) is 0 Å². The number of aliphatic hydroxyl groups is 1. The number of nitrogens with one attached hydrogen (secondary N) is 2. The van der Waals surface area contributed by atoms with Crippen LogP contribution in [0.1, 0.15) is 69.8 Å². The van der Waals surface area contributed by atoms with Gasteiger partial charge >= 0.3 is 6.18 Å². The second kappa shape index (κ2) is 10.3. The molecule has 5 N–H and O–H groups in total. The third-order valence-electron chi connectivity index (χ3n) is 8.65. The molecule has 3 heterocycles. The number of halogens is 3. The predicted octanol–water partition coefficient (Wildman–Crippen LogP) is 3.20. The number of fused-ring (bicyclic) bond motifs is 3. The molecule has 13 heteroatoms. The van der Waals surface area contributed by atoms with Gasteiger partial charge in [-0.3, -0.25) is 9.59 Å². The average Bonchev–Trinajstić information content (AvgIpc) is 3.67. The van der Waals surface area contributed by atoms with Gasteiger partial charge in [0.2, 0.25) is 0 Å². The SMILES string of the molecule is Nc1ccc(-n2nc3c(c2C(=O)NCC2(CO)CCCC2)C(=O)N[C@@]2(CCc4cc(OCC(F)(F)F)ccc42)C3)nc1. The number of anilines is 1. The quantitative estimate of drug-likeness (QED) is 0.334. The first-order valence-electron chi connectivity index (χ1n) is 13.9. The maximum atomic E-state index is 13.8. The summed E-state index contributed by atoms with van der Waals surface area (Å²) in [4.78, 5) is 31.8. The Hall–Kier alpha value is -4.13. The number of rotatable bonds is 7. The van der Waals surface area contributed by atoms with Crippen molar-refractivity contribution < 1.29 is 32.6 Å². The summed E-state index contributed by atoms with van der Waals surface area (Å²) in [6.07, 6.45) is 1.82. The standard InChI is InChI=1S/C29H31F3N6O4/c30-29(31,32)16-42-19-4-5-20-17(11-19)7-10-28(20)12-21-23(25(40)36-28)24(38(37-21)22-6-3-18(33)13-34-22)26(41)35-14-27(15-39)8-1-2-9-27/h3-6,11,13,39H,1-2,7-10,12,14-16,33H2,(H,35,41)(H,36,40)/t28-/m0/s1. The predicted molar refractivity (Wildman–Crippen MR) is 145 cm³/mol. The topological polar surface area (TPSA) is 144 Å². The van der Waals surface area contributed by atoms with E-state index in [1.807, 2.05) is 0 Å².